The van der Waals surface area contributed by atoms with Gasteiger partial charge in [-0.3, -0.25) is 0 Å². The van der Waals surface area contributed by atoms with Crippen LogP contribution in [0.4, 0.5) is 4.39 Å². The molecule has 0 aliphatic rings. The molecule has 0 aromatic carbocycles. The van der Waals surface area contributed by atoms with Crippen LogP contribution < -0.4 is 0 Å². The van der Waals surface area contributed by atoms with E-state index < -0.39 is 0 Å². The summed E-state index contributed by atoms with van der Waals surface area (Å²) in [6.45, 7) is -0.194. The number of rotatable bonds is 0. The predicted molar refractivity (Wildman–Crippen MR) is 11.4 cm³/mol. The minimum atomic E-state index is -0.194. The van der Waals surface area contributed by atoms with Crippen LogP contribution in [-0.4, -0.2) is 11.7 Å². The maximum absolute atomic E-state index is 10.2. The van der Waals surface area contributed by atoms with Crippen LogP contribution in [0, 0.1) is 0 Å². The second-order valence-electron chi connectivity index (χ2n) is 0.213. The molecule has 0 spiro atoms. The third-order valence-corrected chi connectivity index (χ3v) is 0.0436. The Morgan fingerprint density at radius 2 is 2.25 bits per heavy atom. The van der Waals surface area contributed by atoms with Crippen molar-refractivity contribution in [3.8, 4) is 0 Å². The molecule has 0 fully saturated rings. The molecule has 0 aliphatic heterocycles. The highest BCUT2D eigenvalue weighted by Crippen LogP contribution is 1.44. The Hall–Kier alpha value is -0.600. The minimum absolute atomic E-state index is 0.194. The van der Waals surface area contributed by atoms with Crippen molar-refractivity contribution in [3.05, 3.63) is 0 Å². The zero-order chi connectivity index (χ0) is 3.41. The Balaban J connectivity index is 2.55. The molecule has 24 valence electrons. The van der Waals surface area contributed by atoms with Crippen LogP contribution in [0.15, 0.2) is 5.16 Å². The fourth-order valence-corrected chi connectivity index (χ4v) is 0. The van der Waals surface area contributed by atoms with Gasteiger partial charge in [-0.05, 0) is 0 Å². The molecular weight excluding hydrogens is 61.0 g/mol. The fourth-order valence-electron chi connectivity index (χ4n) is 0. The summed E-state index contributed by atoms with van der Waals surface area (Å²) in [5.74, 6) is 0. The highest BCUT2D eigenvalue weighted by molar-refractivity contribution is 5.42. The van der Waals surface area contributed by atoms with Gasteiger partial charge >= 0.3 is 0 Å². The number of nitrogens with zero attached hydrogens (tertiary/aromatic N) is 1. The van der Waals surface area contributed by atoms with E-state index in [4.69, 9.17) is 5.21 Å². The molecule has 0 amide bonds. The first-order valence-electron chi connectivity index (χ1n) is 0.676. The Morgan fingerprint density at radius 3 is 2.25 bits per heavy atom. The lowest BCUT2D eigenvalue weighted by molar-refractivity contribution is 0.315. The van der Waals surface area contributed by atoms with Crippen molar-refractivity contribution in [2.24, 2.45) is 5.16 Å². The molecule has 0 rings (SSSR count). The topological polar surface area (TPSA) is 32.6 Å². The molecule has 0 aromatic rings. The van der Waals surface area contributed by atoms with Gasteiger partial charge in [0.15, 0.2) is 0 Å². The third kappa shape index (κ3) is 1.40. The smallest absolute Gasteiger partial charge is 0.214 e. The first-order valence-corrected chi connectivity index (χ1v) is 0.676. The van der Waals surface area contributed by atoms with Crippen LogP contribution in [-0.2, 0) is 0 Å². The average Bonchev–Trinajstić information content (AvgIpc) is 1.37. The standard InChI is InChI=1S/CH2FNO/c2-1-3-4/h1,4H/b3-1-. The lowest BCUT2D eigenvalue weighted by Crippen LogP contribution is -1.45. The lowest BCUT2D eigenvalue weighted by atomic mass is 11.6. The molecular formula is CH2FNO. The van der Waals surface area contributed by atoms with Crippen LogP contribution in [0.3, 0.4) is 0 Å². The molecule has 0 saturated heterocycles. The van der Waals surface area contributed by atoms with E-state index in [1.165, 1.54) is 0 Å². The first-order chi connectivity index (χ1) is 1.91. The van der Waals surface area contributed by atoms with Crippen molar-refractivity contribution in [2.75, 3.05) is 0 Å². The summed E-state index contributed by atoms with van der Waals surface area (Å²) < 4.78 is 10.2. The largest absolute Gasteiger partial charge is 0.409 e. The summed E-state index contributed by atoms with van der Waals surface area (Å²) in [4.78, 5) is 0. The Kier molecular flexibility index (Phi) is 2.04. The molecule has 0 aromatic heterocycles. The monoisotopic (exact) mass is 63.0 g/mol. The van der Waals surface area contributed by atoms with Crippen molar-refractivity contribution in [1.82, 2.24) is 0 Å². The van der Waals surface area contributed by atoms with Crippen LogP contribution in [0.2, 0.25) is 0 Å². The van der Waals surface area contributed by atoms with E-state index in [0.29, 0.717) is 0 Å². The number of oxime groups is 1. The van der Waals surface area contributed by atoms with Crippen LogP contribution in [0.1, 0.15) is 0 Å². The molecule has 2 nitrogen and oxygen atoms in total. The molecule has 4 heavy (non-hydrogen) atoms. The van der Waals surface area contributed by atoms with Crippen molar-refractivity contribution in [1.29, 1.82) is 0 Å². The van der Waals surface area contributed by atoms with Gasteiger partial charge in [-0.15, -0.1) is 0 Å². The summed E-state index contributed by atoms with van der Waals surface area (Å²) in [7, 11) is 0. The van der Waals surface area contributed by atoms with E-state index in [9.17, 15) is 4.39 Å². The molecule has 3 heteroatoms. The van der Waals surface area contributed by atoms with Crippen molar-refractivity contribution in [3.63, 3.8) is 0 Å². The fraction of sp³-hybridized carbons (Fsp3) is 0. The van der Waals surface area contributed by atoms with E-state index in [1.54, 1.807) is 0 Å². The van der Waals surface area contributed by atoms with E-state index >= 15 is 0 Å². The number of hydrogen-bond acceptors (Lipinski definition) is 2. The summed E-state index contributed by atoms with van der Waals surface area (Å²) in [6.07, 6.45) is 0. The molecule has 0 unspecified atom stereocenters. The van der Waals surface area contributed by atoms with Crippen LogP contribution >= 0.6 is 0 Å². The van der Waals surface area contributed by atoms with Gasteiger partial charge in [0.25, 0.3) is 0 Å². The normalized spacial score (nSPS) is 9.25. The van der Waals surface area contributed by atoms with E-state index in [2.05, 4.69) is 0 Å². The molecule has 0 heterocycles. The third-order valence-electron chi connectivity index (χ3n) is 0.0436. The Labute approximate surface area is 22.5 Å². The summed E-state index contributed by atoms with van der Waals surface area (Å²) in [5, 5.41) is 9.01. The van der Waals surface area contributed by atoms with Crippen molar-refractivity contribution >= 4 is 6.47 Å². The minimum Gasteiger partial charge on any atom is -0.409 e. The first kappa shape index (κ1) is 3.40. The van der Waals surface area contributed by atoms with Gasteiger partial charge in [-0.2, -0.15) is 4.39 Å². The van der Waals surface area contributed by atoms with Gasteiger partial charge < -0.3 is 5.21 Å². The van der Waals surface area contributed by atoms with Gasteiger partial charge in [-0.25, -0.2) is 0 Å². The SMILES string of the molecule is O/N=C\F. The molecule has 0 bridgehead atoms. The molecule has 0 aliphatic carbocycles. The maximum atomic E-state index is 10.2. The second kappa shape index (κ2) is 2.40. The van der Waals surface area contributed by atoms with Crippen LogP contribution in [0.5, 0.6) is 0 Å². The zero-order valence-corrected chi connectivity index (χ0v) is 1.85. The summed E-state index contributed by atoms with van der Waals surface area (Å²) in [5.41, 5.74) is 0. The molecule has 0 saturated carbocycles. The van der Waals surface area contributed by atoms with Crippen LogP contribution in [0.25, 0.3) is 0 Å². The van der Waals surface area contributed by atoms with Crippen molar-refractivity contribution in [2.45, 2.75) is 0 Å². The number of hydrogen-bond donors (Lipinski definition) is 1. The number of halogens is 1. The summed E-state index contributed by atoms with van der Waals surface area (Å²) >= 11 is 0. The van der Waals surface area contributed by atoms with Crippen molar-refractivity contribution < 1.29 is 9.60 Å². The molecule has 0 atom stereocenters. The quantitative estimate of drug-likeness (QED) is 0.246. The van der Waals surface area contributed by atoms with Gasteiger partial charge in [0.1, 0.15) is 0 Å². The average molecular weight is 63.0 g/mol. The summed E-state index contributed by atoms with van der Waals surface area (Å²) in [6, 6.07) is 0. The predicted octanol–water partition coefficient (Wildman–Crippen LogP) is 0.373. The Morgan fingerprint density at radius 1 is 2.00 bits per heavy atom. The van der Waals surface area contributed by atoms with E-state index in [-0.39, 0.29) is 6.47 Å². The van der Waals surface area contributed by atoms with E-state index in [1.807, 2.05) is 5.16 Å². The van der Waals surface area contributed by atoms with E-state index in [0.717, 1.165) is 0 Å². The molecule has 1 N–H and O–H groups in total. The van der Waals surface area contributed by atoms with Gasteiger partial charge in [0.2, 0.25) is 6.47 Å². The van der Waals surface area contributed by atoms with Gasteiger partial charge in [0, 0.05) is 0 Å². The highest BCUT2D eigenvalue weighted by atomic mass is 19.1. The maximum Gasteiger partial charge on any atom is 0.214 e. The highest BCUT2D eigenvalue weighted by Gasteiger charge is 1.40. The molecule has 0 radical (unpaired) electrons. The zero-order valence-electron chi connectivity index (χ0n) is 1.85. The van der Waals surface area contributed by atoms with Gasteiger partial charge in [0.05, 0.1) is 0 Å². The van der Waals surface area contributed by atoms with Gasteiger partial charge in [-0.1, -0.05) is 5.16 Å². The lowest BCUT2D eigenvalue weighted by Gasteiger charge is -1.50. The Bertz CT molecular complexity index is 23.2. The second-order valence-corrected chi connectivity index (χ2v) is 0.213.